The molecule has 1 aromatic heterocycles. The van der Waals surface area contributed by atoms with Gasteiger partial charge in [-0.1, -0.05) is 30.3 Å². The molecule has 1 aliphatic rings. The standard InChI is InChI=1S/C22H25N5/c1-16-13-14-27(26-16)21-12-5-3-8-18(21)15-24-22(23)25-20-11-6-9-17-7-2-4-10-19(17)20/h3,5-6,8-9,11-14H,2,4,7,10,15H2,1H3,(H3,23,24,25). The first-order chi connectivity index (χ1) is 13.2. The lowest BCUT2D eigenvalue weighted by molar-refractivity contribution is 0.687. The second kappa shape index (κ2) is 7.66. The highest BCUT2D eigenvalue weighted by Crippen LogP contribution is 2.27. The maximum atomic E-state index is 6.20. The molecule has 0 radical (unpaired) electrons. The topological polar surface area (TPSA) is 68.2 Å². The second-order valence-electron chi connectivity index (χ2n) is 7.01. The minimum absolute atomic E-state index is 0.445. The third-order valence-corrected chi connectivity index (χ3v) is 5.04. The van der Waals surface area contributed by atoms with Crippen LogP contribution in [-0.2, 0) is 19.4 Å². The van der Waals surface area contributed by atoms with Crippen molar-refractivity contribution in [1.29, 1.82) is 0 Å². The van der Waals surface area contributed by atoms with Gasteiger partial charge in [-0.25, -0.2) is 9.67 Å². The smallest absolute Gasteiger partial charge is 0.193 e. The van der Waals surface area contributed by atoms with E-state index in [1.807, 2.05) is 36.0 Å². The molecule has 0 amide bonds. The van der Waals surface area contributed by atoms with Crippen LogP contribution in [0.5, 0.6) is 0 Å². The number of para-hydroxylation sites is 1. The normalized spacial score (nSPS) is 14.0. The first kappa shape index (κ1) is 17.3. The molecule has 0 saturated heterocycles. The van der Waals surface area contributed by atoms with Crippen molar-refractivity contribution in [1.82, 2.24) is 9.78 Å². The van der Waals surface area contributed by atoms with Crippen LogP contribution in [0.1, 0.15) is 35.2 Å². The number of benzene rings is 2. The lowest BCUT2D eigenvalue weighted by Gasteiger charge is -2.19. The Hall–Kier alpha value is -3.08. The molecule has 1 heterocycles. The highest BCUT2D eigenvalue weighted by Gasteiger charge is 2.13. The van der Waals surface area contributed by atoms with Crippen LogP contribution in [0.15, 0.2) is 59.7 Å². The third-order valence-electron chi connectivity index (χ3n) is 5.04. The molecule has 0 atom stereocenters. The van der Waals surface area contributed by atoms with Gasteiger partial charge >= 0.3 is 0 Å². The lowest BCUT2D eigenvalue weighted by atomic mass is 9.90. The summed E-state index contributed by atoms with van der Waals surface area (Å²) in [6.45, 7) is 2.49. The maximum Gasteiger partial charge on any atom is 0.193 e. The minimum Gasteiger partial charge on any atom is -0.370 e. The second-order valence-corrected chi connectivity index (χ2v) is 7.01. The number of anilines is 1. The number of hydrogen-bond donors (Lipinski definition) is 2. The number of rotatable bonds is 4. The summed E-state index contributed by atoms with van der Waals surface area (Å²) in [7, 11) is 0. The number of aryl methyl sites for hydroxylation is 2. The molecular weight excluding hydrogens is 334 g/mol. The van der Waals surface area contributed by atoms with E-state index in [9.17, 15) is 0 Å². The van der Waals surface area contributed by atoms with Gasteiger partial charge in [0, 0.05) is 11.9 Å². The molecule has 1 aliphatic carbocycles. The summed E-state index contributed by atoms with van der Waals surface area (Å²) in [5, 5.41) is 7.81. The molecule has 27 heavy (non-hydrogen) atoms. The monoisotopic (exact) mass is 359 g/mol. The quantitative estimate of drug-likeness (QED) is 0.547. The van der Waals surface area contributed by atoms with E-state index in [1.54, 1.807) is 0 Å². The molecule has 0 aliphatic heterocycles. The molecule has 0 unspecified atom stereocenters. The van der Waals surface area contributed by atoms with Gasteiger partial charge in [-0.05, 0) is 67.5 Å². The predicted molar refractivity (Wildman–Crippen MR) is 110 cm³/mol. The summed E-state index contributed by atoms with van der Waals surface area (Å²) in [6, 6.07) is 16.5. The molecular formula is C22H25N5. The van der Waals surface area contributed by atoms with Gasteiger partial charge in [-0.15, -0.1) is 0 Å². The summed E-state index contributed by atoms with van der Waals surface area (Å²) in [4.78, 5) is 4.57. The van der Waals surface area contributed by atoms with E-state index in [4.69, 9.17) is 5.73 Å². The van der Waals surface area contributed by atoms with Crippen molar-refractivity contribution in [2.45, 2.75) is 39.2 Å². The number of aromatic nitrogens is 2. The Morgan fingerprint density at radius 3 is 2.81 bits per heavy atom. The molecule has 5 heteroatoms. The van der Waals surface area contributed by atoms with E-state index in [-0.39, 0.29) is 0 Å². The van der Waals surface area contributed by atoms with Crippen LogP contribution in [0.2, 0.25) is 0 Å². The first-order valence-electron chi connectivity index (χ1n) is 9.49. The molecule has 0 saturated carbocycles. The van der Waals surface area contributed by atoms with Crippen molar-refractivity contribution in [3.05, 3.63) is 77.1 Å². The zero-order valence-corrected chi connectivity index (χ0v) is 15.7. The SMILES string of the molecule is Cc1ccn(-c2ccccc2CN=C(N)Nc2cccc3c2CCCC3)n1. The molecule has 0 fully saturated rings. The maximum absolute atomic E-state index is 6.20. The largest absolute Gasteiger partial charge is 0.370 e. The fraction of sp³-hybridized carbons (Fsp3) is 0.273. The van der Waals surface area contributed by atoms with Crippen LogP contribution in [0.3, 0.4) is 0 Å². The fourth-order valence-corrected chi connectivity index (χ4v) is 3.66. The molecule has 0 spiro atoms. The van der Waals surface area contributed by atoms with Gasteiger partial charge in [0.15, 0.2) is 5.96 Å². The number of aliphatic imine (C=N–C) groups is 1. The predicted octanol–water partition coefficient (Wildman–Crippen LogP) is 3.99. The van der Waals surface area contributed by atoms with Crippen LogP contribution in [-0.4, -0.2) is 15.7 Å². The molecule has 0 bridgehead atoms. The van der Waals surface area contributed by atoms with E-state index >= 15 is 0 Å². The molecule has 5 nitrogen and oxygen atoms in total. The number of guanidine groups is 1. The van der Waals surface area contributed by atoms with Crippen LogP contribution in [0.4, 0.5) is 5.69 Å². The van der Waals surface area contributed by atoms with Crippen molar-refractivity contribution in [3.63, 3.8) is 0 Å². The number of hydrogen-bond acceptors (Lipinski definition) is 2. The van der Waals surface area contributed by atoms with Gasteiger partial charge in [0.2, 0.25) is 0 Å². The van der Waals surface area contributed by atoms with Crippen LogP contribution in [0, 0.1) is 6.92 Å². The lowest BCUT2D eigenvalue weighted by Crippen LogP contribution is -2.24. The Kier molecular flexibility index (Phi) is 4.92. The number of nitrogens with one attached hydrogen (secondary N) is 1. The van der Waals surface area contributed by atoms with Crippen molar-refractivity contribution < 1.29 is 0 Å². The summed E-state index contributed by atoms with van der Waals surface area (Å²) >= 11 is 0. The zero-order valence-electron chi connectivity index (χ0n) is 15.7. The van der Waals surface area contributed by atoms with Gasteiger partial charge in [0.25, 0.3) is 0 Å². The molecule has 3 N–H and O–H groups in total. The van der Waals surface area contributed by atoms with Gasteiger partial charge in [-0.3, -0.25) is 0 Å². The Morgan fingerprint density at radius 2 is 1.96 bits per heavy atom. The van der Waals surface area contributed by atoms with Gasteiger partial charge in [0.1, 0.15) is 0 Å². The van der Waals surface area contributed by atoms with Crippen molar-refractivity contribution >= 4 is 11.6 Å². The van der Waals surface area contributed by atoms with E-state index in [0.717, 1.165) is 35.5 Å². The van der Waals surface area contributed by atoms with E-state index in [1.165, 1.54) is 24.0 Å². The van der Waals surface area contributed by atoms with Crippen molar-refractivity contribution in [2.24, 2.45) is 10.7 Å². The van der Waals surface area contributed by atoms with E-state index < -0.39 is 0 Å². The molecule has 3 aromatic rings. The highest BCUT2D eigenvalue weighted by molar-refractivity contribution is 5.93. The first-order valence-corrected chi connectivity index (χ1v) is 9.49. The summed E-state index contributed by atoms with van der Waals surface area (Å²) in [6.07, 6.45) is 6.73. The van der Waals surface area contributed by atoms with Gasteiger partial charge < -0.3 is 11.1 Å². The third kappa shape index (κ3) is 3.87. The Morgan fingerprint density at radius 1 is 1.11 bits per heavy atom. The van der Waals surface area contributed by atoms with E-state index in [0.29, 0.717) is 12.5 Å². The van der Waals surface area contributed by atoms with Crippen LogP contribution in [0.25, 0.3) is 5.69 Å². The molecule has 138 valence electrons. The van der Waals surface area contributed by atoms with Crippen molar-refractivity contribution in [2.75, 3.05) is 5.32 Å². The van der Waals surface area contributed by atoms with Crippen LogP contribution < -0.4 is 11.1 Å². The average molecular weight is 359 g/mol. The fourth-order valence-electron chi connectivity index (χ4n) is 3.66. The Bertz CT molecular complexity index is 970. The average Bonchev–Trinajstić information content (AvgIpc) is 3.13. The van der Waals surface area contributed by atoms with Crippen molar-refractivity contribution in [3.8, 4) is 5.69 Å². The minimum atomic E-state index is 0.445. The van der Waals surface area contributed by atoms with E-state index in [2.05, 4.69) is 45.7 Å². The summed E-state index contributed by atoms with van der Waals surface area (Å²) < 4.78 is 1.89. The number of nitrogens with two attached hydrogens (primary N) is 1. The highest BCUT2D eigenvalue weighted by atomic mass is 15.3. The zero-order chi connectivity index (χ0) is 18.6. The summed E-state index contributed by atoms with van der Waals surface area (Å²) in [5.74, 6) is 0.445. The number of fused-ring (bicyclic) bond motifs is 1. The molecule has 2 aromatic carbocycles. The Labute approximate surface area is 159 Å². The van der Waals surface area contributed by atoms with Gasteiger partial charge in [0.05, 0.1) is 17.9 Å². The van der Waals surface area contributed by atoms with Crippen LogP contribution >= 0.6 is 0 Å². The number of nitrogens with zero attached hydrogens (tertiary/aromatic N) is 3. The van der Waals surface area contributed by atoms with Gasteiger partial charge in [-0.2, -0.15) is 5.10 Å². The Balaban J connectivity index is 1.53. The molecule has 4 rings (SSSR count). The summed E-state index contributed by atoms with van der Waals surface area (Å²) in [5.41, 5.74) is 13.2.